The van der Waals surface area contributed by atoms with Crippen molar-refractivity contribution in [2.75, 3.05) is 13.1 Å². The number of benzene rings is 2. The van der Waals surface area contributed by atoms with Crippen molar-refractivity contribution in [3.63, 3.8) is 0 Å². The molecule has 1 aliphatic heterocycles. The van der Waals surface area contributed by atoms with E-state index in [0.29, 0.717) is 11.6 Å². The zero-order valence-corrected chi connectivity index (χ0v) is 19.1. The average molecular weight is 441 g/mol. The van der Waals surface area contributed by atoms with Gasteiger partial charge in [0.1, 0.15) is 0 Å². The van der Waals surface area contributed by atoms with E-state index in [0.717, 1.165) is 36.1 Å². The van der Waals surface area contributed by atoms with Crippen LogP contribution in [0.1, 0.15) is 53.7 Å². The topological polar surface area (TPSA) is 45.5 Å². The van der Waals surface area contributed by atoms with E-state index in [1.54, 1.807) is 6.07 Å². The maximum atomic E-state index is 11.6. The molecule has 170 valence electrons. The van der Waals surface area contributed by atoms with Crippen molar-refractivity contribution in [1.29, 1.82) is 0 Å². The van der Waals surface area contributed by atoms with Crippen molar-refractivity contribution in [1.82, 2.24) is 9.47 Å². The summed E-state index contributed by atoms with van der Waals surface area (Å²) in [5.74, 6) is 1.03. The van der Waals surface area contributed by atoms with Gasteiger partial charge in [-0.2, -0.15) is 0 Å². The minimum absolute atomic E-state index is 0.335. The summed E-state index contributed by atoms with van der Waals surface area (Å²) in [6.07, 6.45) is 9.03. The molecule has 0 amide bonds. The number of carbonyl (C=O) groups is 1. The molecule has 1 N–H and O–H groups in total. The number of aromatic nitrogens is 1. The van der Waals surface area contributed by atoms with E-state index in [4.69, 9.17) is 0 Å². The molecule has 0 bridgehead atoms. The third-order valence-corrected chi connectivity index (χ3v) is 8.37. The second-order valence-electron chi connectivity index (χ2n) is 10.2. The lowest BCUT2D eigenvalue weighted by molar-refractivity contribution is 0.0697. The standard InChI is InChI=1S/C29H32N2O2/c32-29(33)22-10-5-11-26(16-22)31-27-13-12-25(30-15-14-23(19-30)20-8-4-9-20)17-24(27)18-28(31)21-6-2-1-3-7-21/h1-3,5-7,10-11,16,18,20,23,25H,4,8-9,12-15,17,19H2,(H,32,33). The number of carboxylic acids is 1. The Balaban J connectivity index is 1.34. The lowest BCUT2D eigenvalue weighted by Crippen LogP contribution is -2.38. The van der Waals surface area contributed by atoms with E-state index >= 15 is 0 Å². The zero-order valence-electron chi connectivity index (χ0n) is 19.1. The van der Waals surface area contributed by atoms with Crippen LogP contribution in [0.4, 0.5) is 0 Å². The third kappa shape index (κ3) is 3.80. The minimum Gasteiger partial charge on any atom is -0.478 e. The van der Waals surface area contributed by atoms with Crippen LogP contribution in [0.25, 0.3) is 16.9 Å². The van der Waals surface area contributed by atoms with Crippen molar-refractivity contribution in [3.8, 4) is 16.9 Å². The van der Waals surface area contributed by atoms with E-state index in [2.05, 4.69) is 39.8 Å². The molecule has 1 saturated carbocycles. The van der Waals surface area contributed by atoms with Crippen LogP contribution >= 0.6 is 0 Å². The van der Waals surface area contributed by atoms with Gasteiger partial charge in [-0.1, -0.05) is 55.7 Å². The van der Waals surface area contributed by atoms with Gasteiger partial charge in [0.15, 0.2) is 0 Å². The Kier molecular flexibility index (Phi) is 5.34. The Hall–Kier alpha value is -2.85. The predicted octanol–water partition coefficient (Wildman–Crippen LogP) is 5.82. The highest BCUT2D eigenvalue weighted by molar-refractivity contribution is 5.88. The van der Waals surface area contributed by atoms with Gasteiger partial charge in [-0.15, -0.1) is 0 Å². The second-order valence-corrected chi connectivity index (χ2v) is 10.2. The first-order chi connectivity index (χ1) is 16.2. The number of aromatic carboxylic acids is 1. The molecule has 33 heavy (non-hydrogen) atoms. The van der Waals surface area contributed by atoms with Gasteiger partial charge >= 0.3 is 5.97 Å². The molecule has 2 fully saturated rings. The molecule has 2 aromatic carbocycles. The molecule has 3 aromatic rings. The van der Waals surface area contributed by atoms with Gasteiger partial charge in [-0.25, -0.2) is 4.79 Å². The first-order valence-electron chi connectivity index (χ1n) is 12.5. The Bertz CT molecular complexity index is 1160. The van der Waals surface area contributed by atoms with Crippen LogP contribution in [0.5, 0.6) is 0 Å². The lowest BCUT2D eigenvalue weighted by Gasteiger charge is -2.34. The van der Waals surface area contributed by atoms with Crippen LogP contribution in [0, 0.1) is 11.8 Å². The summed E-state index contributed by atoms with van der Waals surface area (Å²) in [5.41, 5.74) is 6.40. The first-order valence-corrected chi connectivity index (χ1v) is 12.5. The molecule has 4 nitrogen and oxygen atoms in total. The van der Waals surface area contributed by atoms with E-state index in [1.165, 1.54) is 62.0 Å². The highest BCUT2D eigenvalue weighted by Crippen LogP contribution is 2.41. The maximum Gasteiger partial charge on any atom is 0.335 e. The van der Waals surface area contributed by atoms with Gasteiger partial charge in [0, 0.05) is 24.0 Å². The van der Waals surface area contributed by atoms with Crippen LogP contribution in [-0.4, -0.2) is 39.7 Å². The van der Waals surface area contributed by atoms with Crippen LogP contribution in [0.15, 0.2) is 60.7 Å². The van der Waals surface area contributed by atoms with Crippen molar-refractivity contribution in [3.05, 3.63) is 77.5 Å². The van der Waals surface area contributed by atoms with Crippen molar-refractivity contribution >= 4 is 5.97 Å². The van der Waals surface area contributed by atoms with Gasteiger partial charge in [0.05, 0.1) is 11.3 Å². The molecule has 0 radical (unpaired) electrons. The van der Waals surface area contributed by atoms with E-state index < -0.39 is 5.97 Å². The predicted molar refractivity (Wildman–Crippen MR) is 131 cm³/mol. The summed E-state index contributed by atoms with van der Waals surface area (Å²) in [4.78, 5) is 14.4. The fraction of sp³-hybridized carbons (Fsp3) is 0.414. The summed E-state index contributed by atoms with van der Waals surface area (Å²) < 4.78 is 2.31. The molecule has 4 heteroatoms. The number of fused-ring (bicyclic) bond motifs is 1. The summed E-state index contributed by atoms with van der Waals surface area (Å²) >= 11 is 0. The normalized spacial score (nSPS) is 23.3. The molecule has 2 heterocycles. The molecule has 2 atom stereocenters. The van der Waals surface area contributed by atoms with E-state index in [1.807, 2.05) is 24.3 Å². The molecular weight excluding hydrogens is 408 g/mol. The summed E-state index contributed by atoms with van der Waals surface area (Å²) in [6, 6.07) is 20.9. The van der Waals surface area contributed by atoms with Gasteiger partial charge in [0.25, 0.3) is 0 Å². The molecule has 1 saturated heterocycles. The van der Waals surface area contributed by atoms with E-state index in [9.17, 15) is 9.90 Å². The molecule has 2 aliphatic carbocycles. The average Bonchev–Trinajstić information content (AvgIpc) is 3.43. The second kappa shape index (κ2) is 8.49. The van der Waals surface area contributed by atoms with Crippen LogP contribution in [-0.2, 0) is 12.8 Å². The molecule has 6 rings (SSSR count). The summed E-state index contributed by atoms with van der Waals surface area (Å²) in [6.45, 7) is 2.55. The highest BCUT2D eigenvalue weighted by Gasteiger charge is 2.37. The largest absolute Gasteiger partial charge is 0.478 e. The molecular formula is C29H32N2O2. The fourth-order valence-corrected chi connectivity index (χ4v) is 6.36. The van der Waals surface area contributed by atoms with Gasteiger partial charge in [-0.3, -0.25) is 4.90 Å². The number of hydrogen-bond donors (Lipinski definition) is 1. The Morgan fingerprint density at radius 3 is 2.52 bits per heavy atom. The molecule has 0 spiro atoms. The zero-order chi connectivity index (χ0) is 22.4. The molecule has 2 unspecified atom stereocenters. The Morgan fingerprint density at radius 2 is 1.76 bits per heavy atom. The first kappa shape index (κ1) is 20.7. The number of carboxylic acid groups (broad SMARTS) is 1. The number of likely N-dealkylation sites (tertiary alicyclic amines) is 1. The van der Waals surface area contributed by atoms with E-state index in [-0.39, 0.29) is 0 Å². The summed E-state index contributed by atoms with van der Waals surface area (Å²) in [7, 11) is 0. The number of hydrogen-bond acceptors (Lipinski definition) is 2. The maximum absolute atomic E-state index is 11.6. The van der Waals surface area contributed by atoms with Crippen LogP contribution < -0.4 is 0 Å². The molecule has 3 aliphatic rings. The summed E-state index contributed by atoms with van der Waals surface area (Å²) in [5, 5.41) is 9.56. The minimum atomic E-state index is -0.880. The lowest BCUT2D eigenvalue weighted by atomic mass is 9.75. The smallest absolute Gasteiger partial charge is 0.335 e. The Morgan fingerprint density at radius 1 is 0.909 bits per heavy atom. The monoisotopic (exact) mass is 440 g/mol. The van der Waals surface area contributed by atoms with Gasteiger partial charge in [0.2, 0.25) is 0 Å². The SMILES string of the molecule is O=C(O)c1cccc(-n2c(-c3ccccc3)cc3c2CCC(N2CCC(C4CCC4)C2)C3)c1. The highest BCUT2D eigenvalue weighted by atomic mass is 16.4. The Labute approximate surface area is 195 Å². The molecule has 1 aromatic heterocycles. The van der Waals surface area contributed by atoms with Crippen molar-refractivity contribution in [2.24, 2.45) is 11.8 Å². The van der Waals surface area contributed by atoms with Crippen LogP contribution in [0.3, 0.4) is 0 Å². The number of rotatable bonds is 5. The number of nitrogens with zero attached hydrogens (tertiary/aromatic N) is 2. The third-order valence-electron chi connectivity index (χ3n) is 8.37. The van der Waals surface area contributed by atoms with Crippen LogP contribution in [0.2, 0.25) is 0 Å². The van der Waals surface area contributed by atoms with Crippen molar-refractivity contribution in [2.45, 2.75) is 51.0 Å². The van der Waals surface area contributed by atoms with Gasteiger partial charge in [-0.05, 0) is 79.5 Å². The fourth-order valence-electron chi connectivity index (χ4n) is 6.36. The quantitative estimate of drug-likeness (QED) is 0.544. The van der Waals surface area contributed by atoms with Crippen molar-refractivity contribution < 1.29 is 9.90 Å². The van der Waals surface area contributed by atoms with Gasteiger partial charge < -0.3 is 9.67 Å².